The van der Waals surface area contributed by atoms with E-state index in [4.69, 9.17) is 0 Å². The number of hydrogen-bond donors (Lipinski definition) is 0. The fraction of sp³-hybridized carbons (Fsp3) is 0.133. The summed E-state index contributed by atoms with van der Waals surface area (Å²) in [6, 6.07) is 13.9. The zero-order valence-electron chi connectivity index (χ0n) is 10.2. The maximum absolute atomic E-state index is 11.8. The molecule has 0 fully saturated rings. The first-order valence-corrected chi connectivity index (χ1v) is 6.64. The minimum absolute atomic E-state index is 0.0601. The Labute approximate surface area is 111 Å². The lowest BCUT2D eigenvalue weighted by molar-refractivity contribution is 0.104. The average Bonchev–Trinajstić information content (AvgIpc) is 2.91. The number of carbonyl (C=O) groups excluding carboxylic acids is 1. The first kappa shape index (κ1) is 12.6. The van der Waals surface area contributed by atoms with Gasteiger partial charge in [-0.05, 0) is 17.0 Å². The van der Waals surface area contributed by atoms with Gasteiger partial charge < -0.3 is 4.90 Å². The van der Waals surface area contributed by atoms with Gasteiger partial charge in [-0.3, -0.25) is 4.79 Å². The van der Waals surface area contributed by atoms with Gasteiger partial charge >= 0.3 is 0 Å². The lowest BCUT2D eigenvalue weighted by atomic mass is 10.2. The smallest absolute Gasteiger partial charge is 0.197 e. The van der Waals surface area contributed by atoms with Gasteiger partial charge in [0.15, 0.2) is 5.78 Å². The Balaban J connectivity index is 1.91. The maximum Gasteiger partial charge on any atom is 0.197 e. The topological polar surface area (TPSA) is 20.3 Å². The zero-order valence-corrected chi connectivity index (χ0v) is 11.1. The average molecular weight is 257 g/mol. The highest BCUT2D eigenvalue weighted by Gasteiger charge is 2.02. The third-order valence-corrected chi connectivity index (χ3v) is 3.40. The summed E-state index contributed by atoms with van der Waals surface area (Å²) in [4.78, 5) is 14.5. The van der Waals surface area contributed by atoms with Crippen molar-refractivity contribution in [3.05, 3.63) is 70.6 Å². The number of carbonyl (C=O) groups is 1. The molecule has 0 radical (unpaired) electrons. The molecule has 0 aliphatic rings. The standard InChI is InChI=1S/C15H15NOS/c1-16(12-13-6-3-2-4-7-13)10-9-14(17)15-8-5-11-18-15/h2-11H,12H2,1H3. The van der Waals surface area contributed by atoms with E-state index in [9.17, 15) is 4.79 Å². The second-order valence-electron chi connectivity index (χ2n) is 4.06. The Kier molecular flexibility index (Phi) is 4.31. The molecule has 0 aliphatic heterocycles. The summed E-state index contributed by atoms with van der Waals surface area (Å²) in [5.41, 5.74) is 1.23. The summed E-state index contributed by atoms with van der Waals surface area (Å²) in [6.07, 6.45) is 3.45. The van der Waals surface area contributed by atoms with Crippen LogP contribution in [0.15, 0.2) is 60.1 Å². The number of nitrogens with zero attached hydrogens (tertiary/aromatic N) is 1. The molecule has 2 nitrogen and oxygen atoms in total. The first-order valence-electron chi connectivity index (χ1n) is 5.76. The zero-order chi connectivity index (χ0) is 12.8. The van der Waals surface area contributed by atoms with Crippen LogP contribution in [-0.2, 0) is 6.54 Å². The van der Waals surface area contributed by atoms with Crippen molar-refractivity contribution in [2.75, 3.05) is 7.05 Å². The molecule has 0 saturated heterocycles. The number of benzene rings is 1. The van der Waals surface area contributed by atoms with Gasteiger partial charge in [0.05, 0.1) is 4.88 Å². The van der Waals surface area contributed by atoms with E-state index in [2.05, 4.69) is 12.1 Å². The van der Waals surface area contributed by atoms with Gasteiger partial charge in [-0.1, -0.05) is 36.4 Å². The van der Waals surface area contributed by atoms with Gasteiger partial charge in [-0.2, -0.15) is 0 Å². The number of ketones is 1. The van der Waals surface area contributed by atoms with Gasteiger partial charge in [0.2, 0.25) is 0 Å². The van der Waals surface area contributed by atoms with Crippen molar-refractivity contribution in [1.82, 2.24) is 4.90 Å². The van der Waals surface area contributed by atoms with Crippen LogP contribution in [0.25, 0.3) is 0 Å². The minimum atomic E-state index is 0.0601. The quantitative estimate of drug-likeness (QED) is 0.603. The molecule has 18 heavy (non-hydrogen) atoms. The molecule has 0 spiro atoms. The lowest BCUT2D eigenvalue weighted by Gasteiger charge is -2.13. The molecular formula is C15H15NOS. The Bertz CT molecular complexity index is 517. The summed E-state index contributed by atoms with van der Waals surface area (Å²) in [7, 11) is 1.96. The summed E-state index contributed by atoms with van der Waals surface area (Å²) in [5, 5.41) is 1.91. The fourth-order valence-corrected chi connectivity index (χ4v) is 2.27. The number of hydrogen-bond acceptors (Lipinski definition) is 3. The largest absolute Gasteiger partial charge is 0.376 e. The van der Waals surface area contributed by atoms with Gasteiger partial charge in [0.1, 0.15) is 0 Å². The van der Waals surface area contributed by atoms with E-state index in [0.717, 1.165) is 11.4 Å². The SMILES string of the molecule is CN(C=CC(=O)c1cccs1)Cc1ccccc1. The Morgan fingerprint density at radius 1 is 1.22 bits per heavy atom. The van der Waals surface area contributed by atoms with Crippen LogP contribution in [0.2, 0.25) is 0 Å². The highest BCUT2D eigenvalue weighted by Crippen LogP contribution is 2.10. The van der Waals surface area contributed by atoms with E-state index >= 15 is 0 Å². The molecule has 2 aromatic rings. The second kappa shape index (κ2) is 6.17. The van der Waals surface area contributed by atoms with Crippen LogP contribution >= 0.6 is 11.3 Å². The van der Waals surface area contributed by atoms with Crippen LogP contribution in [0.3, 0.4) is 0 Å². The molecule has 3 heteroatoms. The highest BCUT2D eigenvalue weighted by atomic mass is 32.1. The fourth-order valence-electron chi connectivity index (χ4n) is 1.62. The Morgan fingerprint density at radius 3 is 2.67 bits per heavy atom. The third kappa shape index (κ3) is 3.57. The summed E-state index contributed by atoms with van der Waals surface area (Å²) in [5.74, 6) is 0.0601. The lowest BCUT2D eigenvalue weighted by Crippen LogP contribution is -2.10. The number of rotatable bonds is 5. The Morgan fingerprint density at radius 2 is 2.00 bits per heavy atom. The minimum Gasteiger partial charge on any atom is -0.376 e. The summed E-state index contributed by atoms with van der Waals surface area (Å²) < 4.78 is 0. The van der Waals surface area contributed by atoms with Crippen LogP contribution in [0.1, 0.15) is 15.2 Å². The van der Waals surface area contributed by atoms with E-state index in [1.54, 1.807) is 6.08 Å². The van der Waals surface area contributed by atoms with Crippen molar-refractivity contribution in [1.29, 1.82) is 0 Å². The van der Waals surface area contributed by atoms with Crippen molar-refractivity contribution >= 4 is 17.1 Å². The second-order valence-corrected chi connectivity index (χ2v) is 5.01. The molecule has 0 saturated carbocycles. The number of allylic oxidation sites excluding steroid dienone is 1. The van der Waals surface area contributed by atoms with Gasteiger partial charge in [0, 0.05) is 25.9 Å². The Hall–Kier alpha value is -1.87. The molecule has 2 rings (SSSR count). The normalized spacial score (nSPS) is 10.7. The molecule has 1 aromatic carbocycles. The molecule has 0 unspecified atom stereocenters. The van der Waals surface area contributed by atoms with Gasteiger partial charge in [-0.25, -0.2) is 0 Å². The molecule has 92 valence electrons. The molecule has 0 aliphatic carbocycles. The number of thiophene rings is 1. The van der Waals surface area contributed by atoms with Crippen molar-refractivity contribution < 1.29 is 4.79 Å². The molecule has 1 heterocycles. The van der Waals surface area contributed by atoms with Crippen molar-refractivity contribution in [2.24, 2.45) is 0 Å². The molecule has 1 aromatic heterocycles. The highest BCUT2D eigenvalue weighted by molar-refractivity contribution is 7.12. The molecule has 0 atom stereocenters. The summed E-state index contributed by atoms with van der Waals surface area (Å²) in [6.45, 7) is 0.801. The summed E-state index contributed by atoms with van der Waals surface area (Å²) >= 11 is 1.47. The predicted molar refractivity (Wildman–Crippen MR) is 75.7 cm³/mol. The maximum atomic E-state index is 11.8. The van der Waals surface area contributed by atoms with E-state index in [1.165, 1.54) is 16.9 Å². The van der Waals surface area contributed by atoms with Gasteiger partial charge in [-0.15, -0.1) is 11.3 Å². The third-order valence-electron chi connectivity index (χ3n) is 2.52. The van der Waals surface area contributed by atoms with Gasteiger partial charge in [0.25, 0.3) is 0 Å². The van der Waals surface area contributed by atoms with E-state index in [0.29, 0.717) is 0 Å². The van der Waals surface area contributed by atoms with Crippen molar-refractivity contribution in [2.45, 2.75) is 6.54 Å². The van der Waals surface area contributed by atoms with Crippen molar-refractivity contribution in [3.63, 3.8) is 0 Å². The van der Waals surface area contributed by atoms with Crippen LogP contribution < -0.4 is 0 Å². The van der Waals surface area contributed by atoms with Crippen LogP contribution in [0.5, 0.6) is 0 Å². The predicted octanol–water partition coefficient (Wildman–Crippen LogP) is 3.58. The molecule has 0 bridgehead atoms. The van der Waals surface area contributed by atoms with Crippen LogP contribution in [-0.4, -0.2) is 17.7 Å². The van der Waals surface area contributed by atoms with E-state index < -0.39 is 0 Å². The van der Waals surface area contributed by atoms with Crippen molar-refractivity contribution in [3.8, 4) is 0 Å². The van der Waals surface area contributed by atoms with E-state index in [-0.39, 0.29) is 5.78 Å². The van der Waals surface area contributed by atoms with E-state index in [1.807, 2.05) is 53.9 Å². The van der Waals surface area contributed by atoms with Crippen LogP contribution in [0, 0.1) is 0 Å². The molecule has 0 N–H and O–H groups in total. The van der Waals surface area contributed by atoms with Crippen LogP contribution in [0.4, 0.5) is 0 Å². The first-order chi connectivity index (χ1) is 8.75. The monoisotopic (exact) mass is 257 g/mol. The molecule has 0 amide bonds. The molecular weight excluding hydrogens is 242 g/mol.